The number of nitriles is 2. The average Bonchev–Trinajstić information content (AvgIpc) is 2.91. The zero-order chi connectivity index (χ0) is 28.1. The van der Waals surface area contributed by atoms with Crippen LogP contribution in [0.3, 0.4) is 0 Å². The van der Waals surface area contributed by atoms with Crippen LogP contribution in [-0.4, -0.2) is 55.6 Å². The van der Waals surface area contributed by atoms with Gasteiger partial charge in [0.1, 0.15) is 11.9 Å². The number of pyridine rings is 2. The topological polar surface area (TPSA) is 152 Å². The molecule has 0 aliphatic carbocycles. The van der Waals surface area contributed by atoms with Gasteiger partial charge in [0.15, 0.2) is 9.84 Å². The van der Waals surface area contributed by atoms with E-state index in [1.54, 1.807) is 63.1 Å². The molecule has 0 bridgehead atoms. The maximum absolute atomic E-state index is 12.9. The van der Waals surface area contributed by atoms with E-state index in [4.69, 9.17) is 0 Å². The lowest BCUT2D eigenvalue weighted by Crippen LogP contribution is -2.41. The molecule has 38 heavy (non-hydrogen) atoms. The van der Waals surface area contributed by atoms with Gasteiger partial charge in [-0.1, -0.05) is 0 Å². The molecule has 0 aromatic carbocycles. The number of hydrogen-bond donors (Lipinski definition) is 1. The summed E-state index contributed by atoms with van der Waals surface area (Å²) >= 11 is 0. The Labute approximate surface area is 223 Å². The molecule has 0 radical (unpaired) electrons. The zero-order valence-electron chi connectivity index (χ0n) is 21.8. The molecule has 10 nitrogen and oxygen atoms in total. The van der Waals surface area contributed by atoms with Crippen molar-refractivity contribution in [2.24, 2.45) is 4.99 Å². The number of hydrogen-bond acceptors (Lipinski definition) is 9. The lowest BCUT2D eigenvalue weighted by Gasteiger charge is -2.28. The third-order valence-electron chi connectivity index (χ3n) is 6.18. The van der Waals surface area contributed by atoms with Gasteiger partial charge in [0.25, 0.3) is 5.91 Å². The highest BCUT2D eigenvalue weighted by molar-refractivity contribution is 7.91. The van der Waals surface area contributed by atoms with E-state index in [-0.39, 0.29) is 30.5 Å². The molecule has 1 saturated heterocycles. The van der Waals surface area contributed by atoms with Crippen molar-refractivity contribution in [1.82, 2.24) is 15.3 Å². The fourth-order valence-corrected chi connectivity index (χ4v) is 5.02. The largest absolute Gasteiger partial charge is 0.353 e. The highest BCUT2D eigenvalue weighted by Crippen LogP contribution is 2.27. The minimum absolute atomic E-state index is 0.0144. The standard InChI is InChI=1S/C27H29N7O3S/c1-18(33-26(35)20-6-7-31-24(14-20)27(3,4)17-29)12-23(19(2)30-5)22-13-21(15-28)25(32-16-22)34-8-10-38(36,37)11-9-34/h6-7,12-14,16H,5,8-11H2,1-4H3,(H,33,35)/b18-12+,23-19+. The van der Waals surface area contributed by atoms with E-state index in [0.29, 0.717) is 45.2 Å². The van der Waals surface area contributed by atoms with Crippen molar-refractivity contribution in [3.05, 3.63) is 70.4 Å². The first-order chi connectivity index (χ1) is 17.9. The SMILES string of the molecule is C=N/C(C)=C(\C=C(/C)NC(=O)c1ccnc(C(C)(C)C#N)c1)c1cnc(N2CCS(=O)(=O)CC2)c(C#N)c1. The Morgan fingerprint density at radius 1 is 1.18 bits per heavy atom. The molecule has 11 heteroatoms. The summed E-state index contributed by atoms with van der Waals surface area (Å²) in [5, 5.41) is 22.0. The average molecular weight is 532 g/mol. The molecular weight excluding hydrogens is 502 g/mol. The summed E-state index contributed by atoms with van der Waals surface area (Å²) in [5.74, 6) is 0.0876. The van der Waals surface area contributed by atoms with Crippen LogP contribution in [-0.2, 0) is 15.3 Å². The van der Waals surface area contributed by atoms with E-state index in [1.165, 1.54) is 6.20 Å². The Hall–Kier alpha value is -4.35. The van der Waals surface area contributed by atoms with Crippen LogP contribution < -0.4 is 10.2 Å². The molecule has 2 aromatic heterocycles. The number of allylic oxidation sites excluding steroid dienone is 4. The van der Waals surface area contributed by atoms with Gasteiger partial charge in [-0.3, -0.25) is 14.8 Å². The van der Waals surface area contributed by atoms with Crippen molar-refractivity contribution in [3.8, 4) is 12.1 Å². The third-order valence-corrected chi connectivity index (χ3v) is 7.79. The Balaban J connectivity index is 1.89. The summed E-state index contributed by atoms with van der Waals surface area (Å²) in [7, 11) is -3.07. The number of rotatable bonds is 7. The number of sulfone groups is 1. The zero-order valence-corrected chi connectivity index (χ0v) is 22.6. The first-order valence-corrected chi connectivity index (χ1v) is 13.6. The molecule has 0 atom stereocenters. The minimum Gasteiger partial charge on any atom is -0.353 e. The van der Waals surface area contributed by atoms with E-state index in [1.807, 2.05) is 0 Å². The number of carbonyl (C=O) groups excluding carboxylic acids is 1. The smallest absolute Gasteiger partial charge is 0.255 e. The van der Waals surface area contributed by atoms with Gasteiger partial charge in [0.05, 0.1) is 34.2 Å². The minimum atomic E-state index is -3.07. The quantitative estimate of drug-likeness (QED) is 0.422. The van der Waals surface area contributed by atoms with Gasteiger partial charge in [0, 0.05) is 53.6 Å². The molecule has 0 unspecified atom stereocenters. The molecule has 2 aromatic rings. The van der Waals surface area contributed by atoms with Gasteiger partial charge < -0.3 is 10.2 Å². The van der Waals surface area contributed by atoms with Gasteiger partial charge in [-0.05, 0) is 58.7 Å². The van der Waals surface area contributed by atoms with Gasteiger partial charge in [-0.25, -0.2) is 13.4 Å². The first-order valence-electron chi connectivity index (χ1n) is 11.8. The summed E-state index contributed by atoms with van der Waals surface area (Å²) in [5.41, 5.74) is 2.57. The third kappa shape index (κ3) is 6.50. The summed E-state index contributed by atoms with van der Waals surface area (Å²) in [6.07, 6.45) is 4.80. The predicted octanol–water partition coefficient (Wildman–Crippen LogP) is 3.15. The molecule has 1 aliphatic heterocycles. The van der Waals surface area contributed by atoms with Crippen molar-refractivity contribution >= 4 is 33.9 Å². The fraction of sp³-hybridized carbons (Fsp3) is 0.333. The number of amides is 1. The van der Waals surface area contributed by atoms with Crippen LogP contribution >= 0.6 is 0 Å². The van der Waals surface area contributed by atoms with Crippen molar-refractivity contribution < 1.29 is 13.2 Å². The fourth-order valence-electron chi connectivity index (χ4n) is 3.82. The summed E-state index contributed by atoms with van der Waals surface area (Å²) in [4.78, 5) is 27.5. The van der Waals surface area contributed by atoms with E-state index < -0.39 is 15.3 Å². The van der Waals surface area contributed by atoms with Crippen molar-refractivity contribution in [2.75, 3.05) is 29.5 Å². The van der Waals surface area contributed by atoms with Crippen molar-refractivity contribution in [3.63, 3.8) is 0 Å². The van der Waals surface area contributed by atoms with Gasteiger partial charge in [-0.15, -0.1) is 0 Å². The van der Waals surface area contributed by atoms with Gasteiger partial charge >= 0.3 is 0 Å². The monoisotopic (exact) mass is 531 g/mol. The van der Waals surface area contributed by atoms with Crippen LogP contribution in [0.2, 0.25) is 0 Å². The van der Waals surface area contributed by atoms with Gasteiger partial charge in [-0.2, -0.15) is 10.5 Å². The lowest BCUT2D eigenvalue weighted by molar-refractivity contribution is 0.0965. The maximum atomic E-state index is 12.9. The molecular formula is C27H29N7O3S. The Kier molecular flexibility index (Phi) is 8.44. The van der Waals surface area contributed by atoms with Crippen LogP contribution in [0.5, 0.6) is 0 Å². The number of carbonyl (C=O) groups is 1. The predicted molar refractivity (Wildman–Crippen MR) is 146 cm³/mol. The summed E-state index contributed by atoms with van der Waals surface area (Å²) < 4.78 is 23.6. The highest BCUT2D eigenvalue weighted by Gasteiger charge is 2.25. The first kappa shape index (κ1) is 28.2. The van der Waals surface area contributed by atoms with Crippen LogP contribution in [0.4, 0.5) is 5.82 Å². The summed E-state index contributed by atoms with van der Waals surface area (Å²) in [6, 6.07) is 9.16. The Morgan fingerprint density at radius 2 is 1.87 bits per heavy atom. The molecule has 196 valence electrons. The Morgan fingerprint density at radius 3 is 2.47 bits per heavy atom. The van der Waals surface area contributed by atoms with Crippen LogP contribution in [0.1, 0.15) is 54.9 Å². The number of nitrogens with one attached hydrogen (secondary N) is 1. The van der Waals surface area contributed by atoms with Crippen LogP contribution in [0.15, 0.2) is 53.1 Å². The lowest BCUT2D eigenvalue weighted by atomic mass is 9.90. The van der Waals surface area contributed by atoms with Crippen molar-refractivity contribution in [1.29, 1.82) is 10.5 Å². The highest BCUT2D eigenvalue weighted by atomic mass is 32.2. The second-order valence-electron chi connectivity index (χ2n) is 9.45. The van der Waals surface area contributed by atoms with E-state index in [0.717, 1.165) is 0 Å². The van der Waals surface area contributed by atoms with Crippen LogP contribution in [0.25, 0.3) is 5.57 Å². The van der Waals surface area contributed by atoms with E-state index in [2.05, 4.69) is 39.1 Å². The molecule has 0 spiro atoms. The Bertz CT molecular complexity index is 1510. The van der Waals surface area contributed by atoms with E-state index >= 15 is 0 Å². The number of nitrogens with zero attached hydrogens (tertiary/aromatic N) is 6. The number of anilines is 1. The number of aliphatic imine (C=N–C) groups is 1. The number of aromatic nitrogens is 2. The molecule has 1 amide bonds. The maximum Gasteiger partial charge on any atom is 0.255 e. The molecule has 1 fully saturated rings. The normalized spacial score (nSPS) is 16.1. The van der Waals surface area contributed by atoms with Gasteiger partial charge in [0.2, 0.25) is 0 Å². The molecule has 3 rings (SSSR count). The molecule has 1 N–H and O–H groups in total. The van der Waals surface area contributed by atoms with E-state index in [9.17, 15) is 23.7 Å². The second kappa shape index (κ2) is 11.4. The summed E-state index contributed by atoms with van der Waals surface area (Å²) in [6.45, 7) is 11.1. The molecule has 1 aliphatic rings. The van der Waals surface area contributed by atoms with Crippen LogP contribution in [0, 0.1) is 22.7 Å². The van der Waals surface area contributed by atoms with Crippen molar-refractivity contribution in [2.45, 2.75) is 33.1 Å². The molecule has 0 saturated carbocycles. The second-order valence-corrected chi connectivity index (χ2v) is 11.8. The molecule has 3 heterocycles.